The van der Waals surface area contributed by atoms with Crippen molar-refractivity contribution in [3.8, 4) is 6.07 Å². The Hall–Kier alpha value is -1.63. The lowest BCUT2D eigenvalue weighted by Gasteiger charge is -2.12. The molecule has 0 amide bonds. The van der Waals surface area contributed by atoms with Crippen molar-refractivity contribution in [1.82, 2.24) is 0 Å². The molecule has 4 heteroatoms. The molecule has 0 atom stereocenters. The van der Waals surface area contributed by atoms with Gasteiger partial charge in [0.2, 0.25) is 0 Å². The van der Waals surface area contributed by atoms with Crippen LogP contribution in [0.2, 0.25) is 0 Å². The van der Waals surface area contributed by atoms with Crippen molar-refractivity contribution in [2.24, 2.45) is 0 Å². The average Bonchev–Trinajstić information content (AvgIpc) is 2.16. The maximum absolute atomic E-state index is 12.5. The fraction of sp³-hybridized carbons (Fsp3) is 0.364. The summed E-state index contributed by atoms with van der Waals surface area (Å²) in [5, 5.41) is 11.1. The van der Waals surface area contributed by atoms with E-state index < -0.39 is 5.92 Å². The third-order valence-corrected chi connectivity index (χ3v) is 1.84. The Morgan fingerprint density at radius 1 is 1.33 bits per heavy atom. The number of nitriles is 1. The third kappa shape index (κ3) is 4.41. The smallest absolute Gasteiger partial charge is 0.262 e. The normalized spacial score (nSPS) is 10.8. The van der Waals surface area contributed by atoms with E-state index in [1.807, 2.05) is 6.07 Å². The van der Waals surface area contributed by atoms with Gasteiger partial charge in [-0.15, -0.1) is 0 Å². The van der Waals surface area contributed by atoms with Crippen molar-refractivity contribution in [1.29, 1.82) is 5.26 Å². The van der Waals surface area contributed by atoms with E-state index in [0.29, 0.717) is 12.1 Å². The number of hydrogen-bond donors (Lipinski definition) is 1. The quantitative estimate of drug-likeness (QED) is 0.829. The molecule has 1 aromatic carbocycles. The van der Waals surface area contributed by atoms with E-state index in [0.717, 1.165) is 12.5 Å². The number of benzene rings is 1. The highest BCUT2D eigenvalue weighted by Crippen LogP contribution is 2.15. The van der Waals surface area contributed by atoms with Gasteiger partial charge < -0.3 is 5.32 Å². The van der Waals surface area contributed by atoms with E-state index in [-0.39, 0.29) is 6.54 Å². The lowest BCUT2D eigenvalue weighted by Crippen LogP contribution is -2.22. The van der Waals surface area contributed by atoms with Crippen LogP contribution in [0.4, 0.5) is 14.5 Å². The Morgan fingerprint density at radius 3 is 2.40 bits per heavy atom. The Balaban J connectivity index is 2.54. The zero-order valence-corrected chi connectivity index (χ0v) is 8.43. The molecule has 1 aromatic rings. The molecule has 2 nitrogen and oxygen atoms in total. The van der Waals surface area contributed by atoms with E-state index in [1.54, 1.807) is 24.3 Å². The van der Waals surface area contributed by atoms with Crippen molar-refractivity contribution < 1.29 is 8.78 Å². The van der Waals surface area contributed by atoms with E-state index >= 15 is 0 Å². The van der Waals surface area contributed by atoms with E-state index in [2.05, 4.69) is 5.32 Å². The fourth-order valence-corrected chi connectivity index (χ4v) is 1.09. The Bertz CT molecular complexity index is 346. The topological polar surface area (TPSA) is 35.8 Å². The molecule has 1 rings (SSSR count). The number of hydrogen-bond acceptors (Lipinski definition) is 2. The van der Waals surface area contributed by atoms with Gasteiger partial charge in [-0.2, -0.15) is 5.26 Å². The summed E-state index contributed by atoms with van der Waals surface area (Å²) in [7, 11) is 0. The predicted molar refractivity (Wildman–Crippen MR) is 54.9 cm³/mol. The summed E-state index contributed by atoms with van der Waals surface area (Å²) in [5.41, 5.74) is 1.52. The summed E-state index contributed by atoms with van der Waals surface area (Å²) in [6.07, 6.45) is 0.338. The average molecular weight is 210 g/mol. The summed E-state index contributed by atoms with van der Waals surface area (Å²) < 4.78 is 25.0. The fourth-order valence-electron chi connectivity index (χ4n) is 1.09. The Morgan fingerprint density at radius 2 is 1.93 bits per heavy atom. The second-order valence-corrected chi connectivity index (χ2v) is 3.46. The number of rotatable bonds is 4. The summed E-state index contributed by atoms with van der Waals surface area (Å²) >= 11 is 0. The minimum absolute atomic E-state index is 0.338. The molecule has 15 heavy (non-hydrogen) atoms. The van der Waals surface area contributed by atoms with Gasteiger partial charge in [0.1, 0.15) is 0 Å². The molecule has 0 spiro atoms. The molecule has 0 aliphatic heterocycles. The molecule has 0 radical (unpaired) electrons. The van der Waals surface area contributed by atoms with Crippen LogP contribution >= 0.6 is 0 Å². The second-order valence-electron chi connectivity index (χ2n) is 3.46. The minimum Gasteiger partial charge on any atom is -0.379 e. The minimum atomic E-state index is -2.72. The van der Waals surface area contributed by atoms with Crippen molar-refractivity contribution in [3.63, 3.8) is 0 Å². The molecule has 0 unspecified atom stereocenters. The van der Waals surface area contributed by atoms with Crippen LogP contribution in [0.15, 0.2) is 24.3 Å². The standard InChI is InChI=1S/C11H12F2N2/c1-11(12,13)8-15-10-4-2-9(3-5-10)6-7-14/h2-5,15H,6,8H2,1H3. The maximum atomic E-state index is 12.5. The van der Waals surface area contributed by atoms with Crippen molar-refractivity contribution in [2.45, 2.75) is 19.3 Å². The van der Waals surface area contributed by atoms with Crippen LogP contribution in [0.25, 0.3) is 0 Å². The first kappa shape index (κ1) is 11.4. The zero-order chi connectivity index (χ0) is 11.3. The summed E-state index contributed by atoms with van der Waals surface area (Å²) in [6.45, 7) is 0.481. The SMILES string of the molecule is CC(F)(F)CNc1ccc(CC#N)cc1. The van der Waals surface area contributed by atoms with Crippen LogP contribution in [0.1, 0.15) is 12.5 Å². The van der Waals surface area contributed by atoms with Gasteiger partial charge in [-0.25, -0.2) is 8.78 Å². The molecule has 1 N–H and O–H groups in total. The van der Waals surface area contributed by atoms with Crippen LogP contribution in [-0.4, -0.2) is 12.5 Å². The van der Waals surface area contributed by atoms with Gasteiger partial charge >= 0.3 is 0 Å². The van der Waals surface area contributed by atoms with Crippen LogP contribution < -0.4 is 5.32 Å². The van der Waals surface area contributed by atoms with Gasteiger partial charge in [0, 0.05) is 12.6 Å². The first-order chi connectivity index (χ1) is 7.01. The van der Waals surface area contributed by atoms with Gasteiger partial charge in [-0.05, 0) is 17.7 Å². The number of nitrogens with one attached hydrogen (secondary N) is 1. The van der Waals surface area contributed by atoms with Gasteiger partial charge in [-0.1, -0.05) is 12.1 Å². The summed E-state index contributed by atoms with van der Waals surface area (Å²) in [6, 6.07) is 8.90. The van der Waals surface area contributed by atoms with Gasteiger partial charge in [0.15, 0.2) is 0 Å². The van der Waals surface area contributed by atoms with E-state index in [1.165, 1.54) is 0 Å². The molecule has 0 aliphatic carbocycles. The van der Waals surface area contributed by atoms with E-state index in [9.17, 15) is 8.78 Å². The molecule has 0 heterocycles. The predicted octanol–water partition coefficient (Wildman–Crippen LogP) is 2.82. The lowest BCUT2D eigenvalue weighted by molar-refractivity contribution is 0.0368. The van der Waals surface area contributed by atoms with E-state index in [4.69, 9.17) is 5.26 Å². The Labute approximate surface area is 87.5 Å². The molecule has 0 aliphatic rings. The van der Waals surface area contributed by atoms with Gasteiger partial charge in [0.05, 0.1) is 19.0 Å². The van der Waals surface area contributed by atoms with Crippen molar-refractivity contribution >= 4 is 5.69 Å². The van der Waals surface area contributed by atoms with Crippen LogP contribution in [0, 0.1) is 11.3 Å². The molecular weight excluding hydrogens is 198 g/mol. The zero-order valence-electron chi connectivity index (χ0n) is 8.43. The molecule has 0 saturated heterocycles. The maximum Gasteiger partial charge on any atom is 0.262 e. The molecular formula is C11H12F2N2. The van der Waals surface area contributed by atoms with Crippen LogP contribution in [0.3, 0.4) is 0 Å². The van der Waals surface area contributed by atoms with Gasteiger partial charge in [-0.3, -0.25) is 0 Å². The summed E-state index contributed by atoms with van der Waals surface area (Å²) in [5.74, 6) is -2.72. The van der Waals surface area contributed by atoms with Gasteiger partial charge in [0.25, 0.3) is 5.92 Å². The molecule has 80 valence electrons. The highest BCUT2D eigenvalue weighted by atomic mass is 19.3. The summed E-state index contributed by atoms with van der Waals surface area (Å²) in [4.78, 5) is 0. The van der Waals surface area contributed by atoms with Crippen molar-refractivity contribution in [3.05, 3.63) is 29.8 Å². The Kier molecular flexibility index (Phi) is 3.62. The first-order valence-electron chi connectivity index (χ1n) is 4.59. The van der Waals surface area contributed by atoms with Crippen LogP contribution in [0.5, 0.6) is 0 Å². The first-order valence-corrected chi connectivity index (χ1v) is 4.59. The molecule has 0 bridgehead atoms. The molecule has 0 fully saturated rings. The molecule has 0 aromatic heterocycles. The lowest BCUT2D eigenvalue weighted by atomic mass is 10.1. The molecule has 0 saturated carbocycles. The highest BCUT2D eigenvalue weighted by molar-refractivity contribution is 5.45. The number of nitrogens with zero attached hydrogens (tertiary/aromatic N) is 1. The monoisotopic (exact) mass is 210 g/mol. The number of anilines is 1. The third-order valence-electron chi connectivity index (χ3n) is 1.84. The largest absolute Gasteiger partial charge is 0.379 e. The second kappa shape index (κ2) is 4.74. The van der Waals surface area contributed by atoms with Crippen LogP contribution in [-0.2, 0) is 6.42 Å². The van der Waals surface area contributed by atoms with Crippen molar-refractivity contribution in [2.75, 3.05) is 11.9 Å². The number of alkyl halides is 2. The highest BCUT2D eigenvalue weighted by Gasteiger charge is 2.19. The number of halogens is 2.